The maximum atomic E-state index is 11.9. The first-order chi connectivity index (χ1) is 10.6. The average Bonchev–Trinajstić information content (AvgIpc) is 2.88. The fourth-order valence-corrected chi connectivity index (χ4v) is 2.15. The second-order valence-electron chi connectivity index (χ2n) is 3.99. The summed E-state index contributed by atoms with van der Waals surface area (Å²) in [4.78, 5) is 23.1. The van der Waals surface area contributed by atoms with Crippen LogP contribution in [-0.2, 0) is 14.3 Å². The Labute approximate surface area is 135 Å². The van der Waals surface area contributed by atoms with Gasteiger partial charge in [-0.1, -0.05) is 66.9 Å². The van der Waals surface area contributed by atoms with Gasteiger partial charge in [-0.25, -0.2) is 0 Å². The van der Waals surface area contributed by atoms with Crippen molar-refractivity contribution in [3.05, 3.63) is 36.6 Å². The average molecular weight is 309 g/mol. The van der Waals surface area contributed by atoms with Crippen LogP contribution in [0.4, 0.5) is 0 Å². The van der Waals surface area contributed by atoms with Crippen LogP contribution < -0.4 is 5.32 Å². The quantitative estimate of drug-likeness (QED) is 0.740. The van der Waals surface area contributed by atoms with Crippen LogP contribution in [-0.4, -0.2) is 18.4 Å². The van der Waals surface area contributed by atoms with Crippen molar-refractivity contribution in [2.24, 2.45) is 5.41 Å². The SMILES string of the molecule is C=C/C=C1\C(=C)OCC12CCC(=O)NC2=O.CC.CC.CC. The van der Waals surface area contributed by atoms with Gasteiger partial charge in [0.15, 0.2) is 0 Å². The number of ether oxygens (including phenoxy) is 1. The lowest BCUT2D eigenvalue weighted by Gasteiger charge is -2.30. The molecule has 1 atom stereocenters. The molecule has 1 N–H and O–H groups in total. The maximum Gasteiger partial charge on any atom is 0.240 e. The molecule has 4 heteroatoms. The molecule has 2 aliphatic heterocycles. The molecule has 1 spiro atoms. The Morgan fingerprint density at radius 1 is 1.14 bits per heavy atom. The van der Waals surface area contributed by atoms with Crippen LogP contribution in [0.25, 0.3) is 0 Å². The molecule has 0 aliphatic carbocycles. The van der Waals surface area contributed by atoms with Gasteiger partial charge in [0.05, 0.1) is 0 Å². The Hall–Kier alpha value is -1.84. The molecule has 4 nitrogen and oxygen atoms in total. The number of carbonyl (C=O) groups is 2. The summed E-state index contributed by atoms with van der Waals surface area (Å²) in [7, 11) is 0. The zero-order chi connectivity index (χ0) is 17.8. The molecule has 1 unspecified atom stereocenters. The van der Waals surface area contributed by atoms with Crippen LogP contribution >= 0.6 is 0 Å². The highest BCUT2D eigenvalue weighted by atomic mass is 16.5. The number of amides is 2. The molecule has 2 heterocycles. The first-order valence-corrected chi connectivity index (χ1v) is 8.10. The van der Waals surface area contributed by atoms with Crippen molar-refractivity contribution in [2.45, 2.75) is 54.4 Å². The number of allylic oxidation sites excluding steroid dienone is 3. The predicted octanol–water partition coefficient (Wildman–Crippen LogP) is 4.14. The number of nitrogens with one attached hydrogen (secondary N) is 1. The van der Waals surface area contributed by atoms with Crippen LogP contribution in [0.15, 0.2) is 36.6 Å². The van der Waals surface area contributed by atoms with Gasteiger partial charge in [0, 0.05) is 12.0 Å². The number of hydrogen-bond donors (Lipinski definition) is 1. The lowest BCUT2D eigenvalue weighted by atomic mass is 9.75. The number of carbonyl (C=O) groups excluding carboxylic acids is 2. The molecule has 22 heavy (non-hydrogen) atoms. The molecular formula is C18H31NO3. The lowest BCUT2D eigenvalue weighted by molar-refractivity contribution is -0.140. The smallest absolute Gasteiger partial charge is 0.240 e. The summed E-state index contributed by atoms with van der Waals surface area (Å²) in [6.45, 7) is 19.6. The Morgan fingerprint density at radius 2 is 1.68 bits per heavy atom. The van der Waals surface area contributed by atoms with Gasteiger partial charge in [0.25, 0.3) is 0 Å². The Bertz CT molecular complexity index is 424. The summed E-state index contributed by atoms with van der Waals surface area (Å²) in [5.41, 5.74) is -0.0216. The molecule has 0 aromatic carbocycles. The van der Waals surface area contributed by atoms with Gasteiger partial charge in [0.1, 0.15) is 17.8 Å². The maximum absolute atomic E-state index is 11.9. The molecule has 0 bridgehead atoms. The van der Waals surface area contributed by atoms with E-state index in [0.29, 0.717) is 18.6 Å². The molecule has 126 valence electrons. The molecule has 2 fully saturated rings. The van der Waals surface area contributed by atoms with Gasteiger partial charge in [-0.05, 0) is 6.42 Å². The van der Waals surface area contributed by atoms with Crippen molar-refractivity contribution in [2.75, 3.05) is 6.61 Å². The Kier molecular flexibility index (Phi) is 12.0. The predicted molar refractivity (Wildman–Crippen MR) is 92.2 cm³/mol. The zero-order valence-corrected chi connectivity index (χ0v) is 14.9. The fourth-order valence-electron chi connectivity index (χ4n) is 2.15. The topological polar surface area (TPSA) is 55.4 Å². The minimum atomic E-state index is -0.751. The fraction of sp³-hybridized carbons (Fsp3) is 0.556. The standard InChI is InChI=1S/C12H13NO3.3C2H6/c1-3-4-9-8(2)16-7-12(9)6-5-10(14)13-11(12)15;3*1-2/h3-4H,1-2,5-7H2,(H,13,14,15);3*1-2H3/b9-4+;;;. The summed E-state index contributed by atoms with van der Waals surface area (Å²) >= 11 is 0. The minimum absolute atomic E-state index is 0.230. The highest BCUT2D eigenvalue weighted by Crippen LogP contribution is 2.45. The van der Waals surface area contributed by atoms with Gasteiger partial charge in [0.2, 0.25) is 11.8 Å². The third-order valence-electron chi connectivity index (χ3n) is 3.06. The highest BCUT2D eigenvalue weighted by molar-refractivity contribution is 6.03. The molecular weight excluding hydrogens is 278 g/mol. The van der Waals surface area contributed by atoms with E-state index >= 15 is 0 Å². The summed E-state index contributed by atoms with van der Waals surface area (Å²) < 4.78 is 5.33. The van der Waals surface area contributed by atoms with Gasteiger partial charge in [-0.3, -0.25) is 14.9 Å². The number of imide groups is 1. The molecule has 0 radical (unpaired) electrons. The monoisotopic (exact) mass is 309 g/mol. The number of hydrogen-bond acceptors (Lipinski definition) is 3. The molecule has 0 aromatic heterocycles. The van der Waals surface area contributed by atoms with Crippen LogP contribution in [0.2, 0.25) is 0 Å². The van der Waals surface area contributed by atoms with Crippen LogP contribution in [0, 0.1) is 5.41 Å². The van der Waals surface area contributed by atoms with E-state index in [0.717, 1.165) is 5.57 Å². The van der Waals surface area contributed by atoms with Crippen molar-refractivity contribution in [1.29, 1.82) is 0 Å². The zero-order valence-electron chi connectivity index (χ0n) is 14.9. The second-order valence-corrected chi connectivity index (χ2v) is 3.99. The van der Waals surface area contributed by atoms with E-state index in [1.54, 1.807) is 12.2 Å². The summed E-state index contributed by atoms with van der Waals surface area (Å²) in [5.74, 6) is -0.0361. The number of piperidine rings is 1. The Balaban J connectivity index is 0. The van der Waals surface area contributed by atoms with E-state index in [1.165, 1.54) is 0 Å². The third kappa shape index (κ3) is 4.86. The largest absolute Gasteiger partial charge is 0.492 e. The summed E-state index contributed by atoms with van der Waals surface area (Å²) in [6.07, 6.45) is 4.12. The highest BCUT2D eigenvalue weighted by Gasteiger charge is 2.51. The normalized spacial score (nSPS) is 23.9. The lowest BCUT2D eigenvalue weighted by Crippen LogP contribution is -2.49. The van der Waals surface area contributed by atoms with Crippen LogP contribution in [0.5, 0.6) is 0 Å². The first kappa shape index (κ1) is 22.4. The molecule has 2 saturated heterocycles. The molecule has 2 amide bonds. The van der Waals surface area contributed by atoms with E-state index in [-0.39, 0.29) is 18.4 Å². The van der Waals surface area contributed by atoms with Crippen molar-refractivity contribution in [3.63, 3.8) is 0 Å². The van der Waals surface area contributed by atoms with E-state index < -0.39 is 5.41 Å². The molecule has 2 rings (SSSR count). The Morgan fingerprint density at radius 3 is 2.14 bits per heavy atom. The van der Waals surface area contributed by atoms with Gasteiger partial charge >= 0.3 is 0 Å². The molecule has 2 aliphatic rings. The van der Waals surface area contributed by atoms with Gasteiger partial charge in [-0.2, -0.15) is 0 Å². The molecule has 0 aromatic rings. The van der Waals surface area contributed by atoms with Crippen LogP contribution in [0.1, 0.15) is 54.4 Å². The first-order valence-electron chi connectivity index (χ1n) is 8.10. The third-order valence-corrected chi connectivity index (χ3v) is 3.06. The van der Waals surface area contributed by atoms with Crippen molar-refractivity contribution in [1.82, 2.24) is 5.32 Å². The summed E-state index contributed by atoms with van der Waals surface area (Å²) in [5, 5.41) is 2.35. The van der Waals surface area contributed by atoms with Crippen molar-refractivity contribution < 1.29 is 14.3 Å². The van der Waals surface area contributed by atoms with Gasteiger partial charge < -0.3 is 4.74 Å². The molecule has 0 saturated carbocycles. The summed E-state index contributed by atoms with van der Waals surface area (Å²) in [6, 6.07) is 0. The van der Waals surface area contributed by atoms with Gasteiger partial charge in [-0.15, -0.1) is 0 Å². The van der Waals surface area contributed by atoms with Crippen molar-refractivity contribution >= 4 is 11.8 Å². The van der Waals surface area contributed by atoms with E-state index in [4.69, 9.17) is 4.74 Å². The van der Waals surface area contributed by atoms with E-state index in [1.807, 2.05) is 41.5 Å². The second kappa shape index (κ2) is 11.8. The minimum Gasteiger partial charge on any atom is -0.492 e. The van der Waals surface area contributed by atoms with Crippen molar-refractivity contribution in [3.8, 4) is 0 Å². The van der Waals surface area contributed by atoms with E-state index in [2.05, 4.69) is 18.5 Å². The number of rotatable bonds is 1. The van der Waals surface area contributed by atoms with Crippen LogP contribution in [0.3, 0.4) is 0 Å². The van der Waals surface area contributed by atoms with E-state index in [9.17, 15) is 9.59 Å².